The molecule has 0 aliphatic rings. The molecule has 0 radical (unpaired) electrons. The van der Waals surface area contributed by atoms with E-state index in [2.05, 4.69) is 12.0 Å². The Morgan fingerprint density at radius 3 is 2.41 bits per heavy atom. The lowest BCUT2D eigenvalue weighted by molar-refractivity contribution is 0.0568. The first-order chi connectivity index (χ1) is 8.20. The second kappa shape index (κ2) is 5.08. The fourth-order valence-corrected chi connectivity index (χ4v) is 1.73. The summed E-state index contributed by atoms with van der Waals surface area (Å²) in [6, 6.07) is 9.47. The van der Waals surface area contributed by atoms with Gasteiger partial charge < -0.3 is 0 Å². The smallest absolute Gasteiger partial charge is 0.211 e. The molecule has 2 aromatic rings. The zero-order chi connectivity index (χ0) is 12.3. The standard InChI is InChI=1S/C13H14F2N2/c1-2-3-10-4-6-11(7-5-10)12-8-9-17(16-12)13(14)15/h4-9,13H,2-3H2,1H3. The van der Waals surface area contributed by atoms with Gasteiger partial charge in [-0.15, -0.1) is 0 Å². The number of halogens is 2. The predicted octanol–water partition coefficient (Wildman–Crippen LogP) is 3.90. The summed E-state index contributed by atoms with van der Waals surface area (Å²) in [7, 11) is 0. The highest BCUT2D eigenvalue weighted by molar-refractivity contribution is 5.58. The molecular formula is C13H14F2N2. The minimum absolute atomic E-state index is 0.577. The second-order valence-electron chi connectivity index (χ2n) is 3.91. The van der Waals surface area contributed by atoms with Gasteiger partial charge in [0.25, 0.3) is 0 Å². The van der Waals surface area contributed by atoms with Crippen molar-refractivity contribution in [3.63, 3.8) is 0 Å². The first kappa shape index (κ1) is 11.8. The SMILES string of the molecule is CCCc1ccc(-c2ccn(C(F)F)n2)cc1. The molecule has 0 N–H and O–H groups in total. The topological polar surface area (TPSA) is 17.8 Å². The molecule has 0 amide bonds. The van der Waals surface area contributed by atoms with Gasteiger partial charge in [0.05, 0.1) is 5.69 Å². The fourth-order valence-electron chi connectivity index (χ4n) is 1.73. The number of hydrogen-bond donors (Lipinski definition) is 0. The van der Waals surface area contributed by atoms with E-state index < -0.39 is 6.55 Å². The molecule has 1 heterocycles. The van der Waals surface area contributed by atoms with E-state index in [-0.39, 0.29) is 0 Å². The number of aryl methyl sites for hydroxylation is 1. The molecule has 90 valence electrons. The van der Waals surface area contributed by atoms with Crippen LogP contribution in [0, 0.1) is 0 Å². The van der Waals surface area contributed by atoms with Crippen LogP contribution in [0.1, 0.15) is 25.5 Å². The molecule has 0 saturated heterocycles. The van der Waals surface area contributed by atoms with Gasteiger partial charge in [-0.05, 0) is 18.1 Å². The van der Waals surface area contributed by atoms with Crippen LogP contribution in [-0.2, 0) is 6.42 Å². The molecule has 1 aromatic carbocycles. The van der Waals surface area contributed by atoms with Crippen molar-refractivity contribution < 1.29 is 8.78 Å². The van der Waals surface area contributed by atoms with Gasteiger partial charge in [0, 0.05) is 11.8 Å². The van der Waals surface area contributed by atoms with Gasteiger partial charge in [0.15, 0.2) is 0 Å². The van der Waals surface area contributed by atoms with E-state index in [1.54, 1.807) is 6.07 Å². The van der Waals surface area contributed by atoms with Crippen molar-refractivity contribution >= 4 is 0 Å². The average Bonchev–Trinajstić information content (AvgIpc) is 2.80. The number of alkyl halides is 2. The molecule has 1 aromatic heterocycles. The summed E-state index contributed by atoms with van der Waals surface area (Å²) in [5.74, 6) is 0. The van der Waals surface area contributed by atoms with E-state index >= 15 is 0 Å². The molecule has 0 bridgehead atoms. The van der Waals surface area contributed by atoms with Crippen molar-refractivity contribution in [2.24, 2.45) is 0 Å². The van der Waals surface area contributed by atoms with Crippen molar-refractivity contribution in [2.75, 3.05) is 0 Å². The summed E-state index contributed by atoms with van der Waals surface area (Å²) >= 11 is 0. The van der Waals surface area contributed by atoms with Gasteiger partial charge in [-0.25, -0.2) is 4.68 Å². The van der Waals surface area contributed by atoms with Crippen LogP contribution in [0.5, 0.6) is 0 Å². The van der Waals surface area contributed by atoms with Crippen LogP contribution in [0.2, 0.25) is 0 Å². The highest BCUT2D eigenvalue weighted by Gasteiger charge is 2.08. The molecule has 0 fully saturated rings. The van der Waals surface area contributed by atoms with Crippen LogP contribution in [0.3, 0.4) is 0 Å². The molecule has 17 heavy (non-hydrogen) atoms. The maximum absolute atomic E-state index is 12.4. The Morgan fingerprint density at radius 2 is 1.88 bits per heavy atom. The van der Waals surface area contributed by atoms with E-state index in [0.717, 1.165) is 18.4 Å². The highest BCUT2D eigenvalue weighted by Crippen LogP contribution is 2.20. The van der Waals surface area contributed by atoms with Gasteiger partial charge in [0.2, 0.25) is 0 Å². The maximum atomic E-state index is 12.4. The van der Waals surface area contributed by atoms with E-state index in [9.17, 15) is 8.78 Å². The van der Waals surface area contributed by atoms with Crippen molar-refractivity contribution in [3.05, 3.63) is 42.1 Å². The Kier molecular flexibility index (Phi) is 3.52. The third kappa shape index (κ3) is 2.70. The third-order valence-electron chi connectivity index (χ3n) is 2.60. The summed E-state index contributed by atoms with van der Waals surface area (Å²) in [5, 5.41) is 3.82. The van der Waals surface area contributed by atoms with E-state index in [4.69, 9.17) is 0 Å². The largest absolute Gasteiger partial charge is 0.333 e. The molecule has 0 unspecified atom stereocenters. The predicted molar refractivity (Wildman–Crippen MR) is 62.9 cm³/mol. The highest BCUT2D eigenvalue weighted by atomic mass is 19.3. The van der Waals surface area contributed by atoms with Crippen LogP contribution in [-0.4, -0.2) is 9.78 Å². The molecule has 2 nitrogen and oxygen atoms in total. The van der Waals surface area contributed by atoms with Crippen molar-refractivity contribution in [2.45, 2.75) is 26.3 Å². The Morgan fingerprint density at radius 1 is 1.18 bits per heavy atom. The van der Waals surface area contributed by atoms with Gasteiger partial charge >= 0.3 is 6.55 Å². The Labute approximate surface area is 98.9 Å². The summed E-state index contributed by atoms with van der Waals surface area (Å²) in [6.45, 7) is -0.457. The number of hydrogen-bond acceptors (Lipinski definition) is 1. The second-order valence-corrected chi connectivity index (χ2v) is 3.91. The van der Waals surface area contributed by atoms with Crippen molar-refractivity contribution in [1.82, 2.24) is 9.78 Å². The molecule has 2 rings (SSSR count). The van der Waals surface area contributed by atoms with Gasteiger partial charge in [0.1, 0.15) is 0 Å². The van der Waals surface area contributed by atoms with E-state index in [0.29, 0.717) is 10.4 Å². The Hall–Kier alpha value is -1.71. The van der Waals surface area contributed by atoms with Crippen molar-refractivity contribution in [1.29, 1.82) is 0 Å². The zero-order valence-electron chi connectivity index (χ0n) is 9.61. The molecule has 0 spiro atoms. The number of benzene rings is 1. The normalized spacial score (nSPS) is 11.1. The molecule has 0 aliphatic heterocycles. The van der Waals surface area contributed by atoms with E-state index in [1.165, 1.54) is 11.8 Å². The zero-order valence-corrected chi connectivity index (χ0v) is 9.61. The quantitative estimate of drug-likeness (QED) is 0.787. The third-order valence-corrected chi connectivity index (χ3v) is 2.60. The van der Waals surface area contributed by atoms with Crippen LogP contribution < -0.4 is 0 Å². The molecule has 0 saturated carbocycles. The first-order valence-electron chi connectivity index (χ1n) is 5.63. The lowest BCUT2D eigenvalue weighted by Gasteiger charge is -2.01. The Balaban J connectivity index is 2.21. The summed E-state index contributed by atoms with van der Waals surface area (Å²) < 4.78 is 25.4. The summed E-state index contributed by atoms with van der Waals surface area (Å²) in [4.78, 5) is 0. The number of aromatic nitrogens is 2. The number of nitrogens with zero attached hydrogens (tertiary/aromatic N) is 2. The van der Waals surface area contributed by atoms with Crippen LogP contribution in [0.4, 0.5) is 8.78 Å². The maximum Gasteiger partial charge on any atom is 0.333 e. The fraction of sp³-hybridized carbons (Fsp3) is 0.308. The lowest BCUT2D eigenvalue weighted by atomic mass is 10.1. The monoisotopic (exact) mass is 236 g/mol. The Bertz CT molecular complexity index is 474. The van der Waals surface area contributed by atoms with Crippen LogP contribution >= 0.6 is 0 Å². The minimum Gasteiger partial charge on any atom is -0.211 e. The van der Waals surface area contributed by atoms with Gasteiger partial charge in [-0.3, -0.25) is 0 Å². The van der Waals surface area contributed by atoms with Crippen molar-refractivity contribution in [3.8, 4) is 11.3 Å². The molecular weight excluding hydrogens is 222 g/mol. The van der Waals surface area contributed by atoms with Crippen LogP contribution in [0.15, 0.2) is 36.5 Å². The number of rotatable bonds is 4. The molecule has 0 aliphatic carbocycles. The first-order valence-corrected chi connectivity index (χ1v) is 5.63. The summed E-state index contributed by atoms with van der Waals surface area (Å²) in [5.41, 5.74) is 2.70. The minimum atomic E-state index is -2.58. The van der Waals surface area contributed by atoms with Gasteiger partial charge in [-0.2, -0.15) is 13.9 Å². The lowest BCUT2D eigenvalue weighted by Crippen LogP contribution is -1.98. The van der Waals surface area contributed by atoms with Crippen LogP contribution in [0.25, 0.3) is 11.3 Å². The van der Waals surface area contributed by atoms with Gasteiger partial charge in [-0.1, -0.05) is 37.6 Å². The molecule has 0 atom stereocenters. The van der Waals surface area contributed by atoms with E-state index in [1.807, 2.05) is 24.3 Å². The molecule has 4 heteroatoms. The average molecular weight is 236 g/mol. The summed E-state index contributed by atoms with van der Waals surface area (Å²) in [6.07, 6.45) is 3.42.